The van der Waals surface area contributed by atoms with Crippen LogP contribution in [0.15, 0.2) is 170 Å². The highest BCUT2D eigenvalue weighted by Gasteiger charge is 2.50. The molecule has 6 aromatic carbocycles. The molecule has 0 N–H and O–H groups in total. The van der Waals surface area contributed by atoms with E-state index in [0.717, 1.165) is 44.5 Å². The maximum atomic E-state index is 14.0. The standard InChI is InChI=1S/C48H47O9P/c49-58(50,55-33-43-41-27-15-13-25-39(41)40-26-14-16-28-42(40)43)57-48-47(54-32-38-23-11-4-12-24-38)46(53-31-37-21-9-3-10-22-37)45(52-30-36-19-7-2-8-20-36)44(56-48)34-51-29-35-17-5-1-6-18-35/h1-28,43-48H,29-34H2,(H,49,50)/p-1/t44-,45-,46+,47-,48+/m1/s1. The van der Waals surface area contributed by atoms with Crippen LogP contribution in [0, 0.1) is 0 Å². The van der Waals surface area contributed by atoms with Crippen LogP contribution in [0.4, 0.5) is 0 Å². The van der Waals surface area contributed by atoms with Gasteiger partial charge in [0.1, 0.15) is 24.4 Å². The van der Waals surface area contributed by atoms with E-state index in [1.165, 1.54) is 0 Å². The highest BCUT2D eigenvalue weighted by atomic mass is 31.2. The minimum Gasteiger partial charge on any atom is -0.756 e. The molecular formula is C48H46O9P-. The second kappa shape index (κ2) is 19.3. The van der Waals surface area contributed by atoms with Gasteiger partial charge in [-0.2, -0.15) is 0 Å². The molecule has 1 fully saturated rings. The molecule has 6 aromatic rings. The molecule has 1 unspecified atom stereocenters. The third kappa shape index (κ3) is 10.1. The van der Waals surface area contributed by atoms with Gasteiger partial charge >= 0.3 is 0 Å². The number of hydrogen-bond donors (Lipinski definition) is 0. The maximum Gasteiger partial charge on any atom is 0.270 e. The number of phosphoric acid groups is 1. The molecule has 9 nitrogen and oxygen atoms in total. The van der Waals surface area contributed by atoms with Crippen molar-refractivity contribution in [1.29, 1.82) is 0 Å². The van der Waals surface area contributed by atoms with Gasteiger partial charge in [-0.05, 0) is 44.5 Å². The van der Waals surface area contributed by atoms with Gasteiger partial charge in [0.25, 0.3) is 7.82 Å². The van der Waals surface area contributed by atoms with Crippen LogP contribution in [0.5, 0.6) is 0 Å². The maximum absolute atomic E-state index is 14.0. The molecule has 6 atom stereocenters. The molecule has 1 aliphatic carbocycles. The van der Waals surface area contributed by atoms with E-state index in [9.17, 15) is 9.46 Å². The van der Waals surface area contributed by atoms with E-state index in [1.807, 2.05) is 170 Å². The number of ether oxygens (including phenoxy) is 5. The number of rotatable bonds is 18. The highest BCUT2D eigenvalue weighted by Crippen LogP contribution is 2.49. The molecule has 298 valence electrons. The Morgan fingerprint density at radius 1 is 0.483 bits per heavy atom. The molecule has 58 heavy (non-hydrogen) atoms. The lowest BCUT2D eigenvalue weighted by atomic mass is 9.98. The molecule has 0 radical (unpaired) electrons. The summed E-state index contributed by atoms with van der Waals surface area (Å²) in [4.78, 5) is 14.0. The molecule has 1 aliphatic heterocycles. The second-order valence-corrected chi connectivity index (χ2v) is 15.8. The first-order valence-corrected chi connectivity index (χ1v) is 21.0. The molecule has 2 aliphatic rings. The van der Waals surface area contributed by atoms with Crippen molar-refractivity contribution in [3.8, 4) is 11.1 Å². The lowest BCUT2D eigenvalue weighted by Gasteiger charge is -2.46. The van der Waals surface area contributed by atoms with E-state index in [2.05, 4.69) is 0 Å². The SMILES string of the molecule is O=P([O-])(OCC1c2ccccc2-c2ccccc21)O[C@@H]1O[C@H](COCc2ccccc2)[C@@H](OCc2ccccc2)[C@H](OCc2ccccc2)[C@H]1OCc1ccccc1. The predicted octanol–water partition coefficient (Wildman–Crippen LogP) is 9.00. The summed E-state index contributed by atoms with van der Waals surface area (Å²) >= 11 is 0. The second-order valence-electron chi connectivity index (χ2n) is 14.4. The lowest BCUT2D eigenvalue weighted by molar-refractivity contribution is -0.327. The van der Waals surface area contributed by atoms with Crippen molar-refractivity contribution in [1.82, 2.24) is 0 Å². The van der Waals surface area contributed by atoms with Crippen LogP contribution in [0.1, 0.15) is 39.3 Å². The van der Waals surface area contributed by atoms with Crippen LogP contribution < -0.4 is 4.89 Å². The lowest BCUT2D eigenvalue weighted by Crippen LogP contribution is -2.61. The Morgan fingerprint density at radius 3 is 1.40 bits per heavy atom. The molecule has 0 aromatic heterocycles. The predicted molar refractivity (Wildman–Crippen MR) is 218 cm³/mol. The Hall–Kier alpha value is -4.77. The third-order valence-corrected chi connectivity index (χ3v) is 11.4. The minimum absolute atomic E-state index is 0.0461. The first kappa shape index (κ1) is 40.0. The van der Waals surface area contributed by atoms with Crippen molar-refractivity contribution in [2.24, 2.45) is 0 Å². The summed E-state index contributed by atoms with van der Waals surface area (Å²) in [6.45, 7) is 0.745. The highest BCUT2D eigenvalue weighted by molar-refractivity contribution is 7.45. The zero-order valence-corrected chi connectivity index (χ0v) is 32.9. The van der Waals surface area contributed by atoms with Crippen LogP contribution in [0.25, 0.3) is 11.1 Å². The van der Waals surface area contributed by atoms with Gasteiger partial charge in [-0.15, -0.1) is 0 Å². The Labute approximate surface area is 339 Å². The van der Waals surface area contributed by atoms with Crippen LogP contribution in [0.2, 0.25) is 0 Å². The van der Waals surface area contributed by atoms with Gasteiger partial charge in [-0.3, -0.25) is 9.09 Å². The molecule has 0 spiro atoms. The fourth-order valence-electron chi connectivity index (χ4n) is 7.59. The van der Waals surface area contributed by atoms with Crippen molar-refractivity contribution in [2.75, 3.05) is 13.2 Å². The summed E-state index contributed by atoms with van der Waals surface area (Å²) in [6, 6.07) is 54.9. The summed E-state index contributed by atoms with van der Waals surface area (Å²) in [5, 5.41) is 0. The first-order chi connectivity index (χ1) is 28.5. The van der Waals surface area contributed by atoms with Gasteiger partial charge in [0.15, 0.2) is 6.29 Å². The molecule has 10 heteroatoms. The molecule has 0 bridgehead atoms. The van der Waals surface area contributed by atoms with Crippen molar-refractivity contribution >= 4 is 7.82 Å². The van der Waals surface area contributed by atoms with E-state index in [-0.39, 0.29) is 39.0 Å². The summed E-state index contributed by atoms with van der Waals surface area (Å²) in [7, 11) is -5.05. The Bertz CT molecular complexity index is 2180. The topological polar surface area (TPSA) is 105 Å². The monoisotopic (exact) mass is 797 g/mol. The van der Waals surface area contributed by atoms with Crippen molar-refractivity contribution in [2.45, 2.75) is 63.1 Å². The summed E-state index contributed by atoms with van der Waals surface area (Å²) in [6.07, 6.45) is -5.01. The van der Waals surface area contributed by atoms with E-state index < -0.39 is 38.5 Å². The zero-order valence-electron chi connectivity index (χ0n) is 32.0. The van der Waals surface area contributed by atoms with Crippen LogP contribution in [0.3, 0.4) is 0 Å². The van der Waals surface area contributed by atoms with Crippen LogP contribution >= 0.6 is 7.82 Å². The molecule has 0 amide bonds. The van der Waals surface area contributed by atoms with Gasteiger partial charge in [-0.25, -0.2) is 0 Å². The summed E-state index contributed by atoms with van der Waals surface area (Å²) in [5.74, 6) is -0.312. The molecular weight excluding hydrogens is 751 g/mol. The Kier molecular flexibility index (Phi) is 13.3. The fourth-order valence-corrected chi connectivity index (χ4v) is 8.41. The van der Waals surface area contributed by atoms with E-state index in [1.54, 1.807) is 0 Å². The molecule has 0 saturated carbocycles. The molecule has 1 heterocycles. The quantitative estimate of drug-likeness (QED) is 0.0789. The normalized spacial score (nSPS) is 21.2. The molecule has 1 saturated heterocycles. The number of hydrogen-bond acceptors (Lipinski definition) is 9. The number of phosphoric ester groups is 1. The largest absolute Gasteiger partial charge is 0.756 e. The van der Waals surface area contributed by atoms with Gasteiger partial charge in [-0.1, -0.05) is 170 Å². The third-order valence-electron chi connectivity index (χ3n) is 10.4. The first-order valence-electron chi connectivity index (χ1n) is 19.6. The van der Waals surface area contributed by atoms with Crippen LogP contribution in [-0.4, -0.2) is 43.9 Å². The van der Waals surface area contributed by atoms with Gasteiger partial charge in [0, 0.05) is 5.92 Å². The van der Waals surface area contributed by atoms with E-state index in [4.69, 9.17) is 32.7 Å². The smallest absolute Gasteiger partial charge is 0.270 e. The number of fused-ring (bicyclic) bond motifs is 3. The van der Waals surface area contributed by atoms with Crippen LogP contribution in [-0.2, 0) is 63.7 Å². The Morgan fingerprint density at radius 2 is 0.897 bits per heavy atom. The van der Waals surface area contributed by atoms with Gasteiger partial charge in [0.05, 0.1) is 39.6 Å². The molecule has 8 rings (SSSR count). The van der Waals surface area contributed by atoms with Crippen molar-refractivity contribution in [3.63, 3.8) is 0 Å². The van der Waals surface area contributed by atoms with E-state index >= 15 is 0 Å². The van der Waals surface area contributed by atoms with Gasteiger partial charge in [0.2, 0.25) is 0 Å². The van der Waals surface area contributed by atoms with E-state index in [0.29, 0.717) is 6.61 Å². The minimum atomic E-state index is -5.05. The summed E-state index contributed by atoms with van der Waals surface area (Å²) < 4.78 is 58.6. The summed E-state index contributed by atoms with van der Waals surface area (Å²) in [5.41, 5.74) is 7.80. The van der Waals surface area contributed by atoms with Gasteiger partial charge < -0.3 is 33.1 Å². The average Bonchev–Trinajstić information content (AvgIpc) is 3.59. The fraction of sp³-hybridized carbons (Fsp3) is 0.250. The zero-order chi connectivity index (χ0) is 39.6. The average molecular weight is 798 g/mol. The van der Waals surface area contributed by atoms with Crippen molar-refractivity contribution < 1.29 is 42.2 Å². The van der Waals surface area contributed by atoms with Crippen molar-refractivity contribution in [3.05, 3.63) is 203 Å². The number of benzene rings is 6. The Balaban J connectivity index is 1.09.